The van der Waals surface area contributed by atoms with Crippen molar-refractivity contribution in [2.75, 3.05) is 0 Å². The van der Waals surface area contributed by atoms with E-state index in [1.165, 1.54) is 0 Å². The summed E-state index contributed by atoms with van der Waals surface area (Å²) in [5.41, 5.74) is 0. The third-order valence-electron chi connectivity index (χ3n) is 2.59. The molecule has 1 saturated carbocycles. The lowest BCUT2D eigenvalue weighted by Gasteiger charge is -2.23. The van der Waals surface area contributed by atoms with Crippen molar-refractivity contribution in [1.82, 2.24) is 0 Å². The summed E-state index contributed by atoms with van der Waals surface area (Å²) in [4.78, 5) is 0. The van der Waals surface area contributed by atoms with Gasteiger partial charge in [0.2, 0.25) is 0 Å². The van der Waals surface area contributed by atoms with Crippen molar-refractivity contribution in [1.29, 1.82) is 0 Å². The molecular weight excluding hydrogens is 152 g/mol. The number of hydrogen-bond donors (Lipinski definition) is 1. The van der Waals surface area contributed by atoms with E-state index < -0.39 is 0 Å². The SMILES string of the molecule is OC1CCC(c2cc[c]o2)CC1. The van der Waals surface area contributed by atoms with Gasteiger partial charge in [0.25, 0.3) is 0 Å². The van der Waals surface area contributed by atoms with Crippen LogP contribution in [0.4, 0.5) is 0 Å². The predicted octanol–water partition coefficient (Wildman–Crippen LogP) is 2.10. The molecule has 1 fully saturated rings. The Bertz CT molecular complexity index is 220. The molecule has 1 aromatic rings. The van der Waals surface area contributed by atoms with Crippen molar-refractivity contribution in [3.63, 3.8) is 0 Å². The minimum absolute atomic E-state index is 0.0832. The number of rotatable bonds is 1. The monoisotopic (exact) mass is 165 g/mol. The van der Waals surface area contributed by atoms with Gasteiger partial charge in [-0.3, -0.25) is 0 Å². The first-order chi connectivity index (χ1) is 5.86. The second-order valence-corrected chi connectivity index (χ2v) is 3.46. The Kier molecular flexibility index (Phi) is 2.17. The van der Waals surface area contributed by atoms with E-state index in [0.29, 0.717) is 5.92 Å². The van der Waals surface area contributed by atoms with Crippen molar-refractivity contribution < 1.29 is 9.52 Å². The zero-order valence-electron chi connectivity index (χ0n) is 6.99. The van der Waals surface area contributed by atoms with Crippen LogP contribution in [0.15, 0.2) is 16.5 Å². The molecule has 1 aliphatic rings. The highest BCUT2D eigenvalue weighted by atomic mass is 16.3. The van der Waals surface area contributed by atoms with E-state index >= 15 is 0 Å². The lowest BCUT2D eigenvalue weighted by atomic mass is 9.86. The number of aliphatic hydroxyl groups is 1. The largest absolute Gasteiger partial charge is 0.458 e. The predicted molar refractivity (Wildman–Crippen MR) is 44.8 cm³/mol. The molecule has 1 heterocycles. The zero-order chi connectivity index (χ0) is 8.39. The molecule has 2 heteroatoms. The fourth-order valence-corrected chi connectivity index (χ4v) is 1.83. The Morgan fingerprint density at radius 2 is 2.08 bits per heavy atom. The number of aliphatic hydroxyl groups excluding tert-OH is 1. The van der Waals surface area contributed by atoms with Crippen molar-refractivity contribution in [3.05, 3.63) is 24.2 Å². The van der Waals surface area contributed by atoms with Crippen LogP contribution in [0.3, 0.4) is 0 Å². The van der Waals surface area contributed by atoms with Crippen LogP contribution in [0.25, 0.3) is 0 Å². The second-order valence-electron chi connectivity index (χ2n) is 3.46. The second kappa shape index (κ2) is 3.31. The van der Waals surface area contributed by atoms with E-state index in [2.05, 4.69) is 6.26 Å². The van der Waals surface area contributed by atoms with Gasteiger partial charge >= 0.3 is 0 Å². The van der Waals surface area contributed by atoms with Crippen molar-refractivity contribution in [3.8, 4) is 0 Å². The van der Waals surface area contributed by atoms with Crippen LogP contribution >= 0.6 is 0 Å². The molecule has 1 N–H and O–H groups in total. The average Bonchev–Trinajstić information content (AvgIpc) is 2.58. The smallest absolute Gasteiger partial charge is 0.169 e. The molecule has 0 aromatic carbocycles. The third-order valence-corrected chi connectivity index (χ3v) is 2.59. The molecule has 65 valence electrons. The molecule has 0 unspecified atom stereocenters. The normalized spacial score (nSPS) is 30.4. The molecule has 0 bridgehead atoms. The minimum Gasteiger partial charge on any atom is -0.458 e. The van der Waals surface area contributed by atoms with E-state index in [4.69, 9.17) is 4.42 Å². The maximum atomic E-state index is 9.29. The van der Waals surface area contributed by atoms with Crippen LogP contribution < -0.4 is 0 Å². The summed E-state index contributed by atoms with van der Waals surface area (Å²) in [7, 11) is 0. The molecule has 2 nitrogen and oxygen atoms in total. The topological polar surface area (TPSA) is 33.4 Å². The van der Waals surface area contributed by atoms with Gasteiger partial charge in [0.05, 0.1) is 6.10 Å². The summed E-state index contributed by atoms with van der Waals surface area (Å²) in [6.07, 6.45) is 6.52. The molecule has 1 aliphatic carbocycles. The molecule has 0 amide bonds. The van der Waals surface area contributed by atoms with Crippen LogP contribution in [-0.4, -0.2) is 11.2 Å². The number of furan rings is 1. The van der Waals surface area contributed by atoms with Gasteiger partial charge in [-0.05, 0) is 37.8 Å². The van der Waals surface area contributed by atoms with E-state index in [-0.39, 0.29) is 6.10 Å². The fourth-order valence-electron chi connectivity index (χ4n) is 1.83. The first kappa shape index (κ1) is 7.87. The van der Waals surface area contributed by atoms with Gasteiger partial charge in [0.1, 0.15) is 5.76 Å². The van der Waals surface area contributed by atoms with Gasteiger partial charge in [0, 0.05) is 5.92 Å². The maximum absolute atomic E-state index is 9.29. The van der Waals surface area contributed by atoms with Gasteiger partial charge in [0.15, 0.2) is 6.26 Å². The quantitative estimate of drug-likeness (QED) is 0.691. The van der Waals surface area contributed by atoms with E-state index in [1.54, 1.807) is 6.07 Å². The Morgan fingerprint density at radius 1 is 1.33 bits per heavy atom. The Morgan fingerprint density at radius 3 is 2.67 bits per heavy atom. The van der Waals surface area contributed by atoms with Crippen LogP contribution in [0.1, 0.15) is 37.4 Å². The summed E-state index contributed by atoms with van der Waals surface area (Å²) >= 11 is 0. The lowest BCUT2D eigenvalue weighted by molar-refractivity contribution is 0.119. The Hall–Kier alpha value is -0.760. The molecule has 0 spiro atoms. The lowest BCUT2D eigenvalue weighted by Crippen LogP contribution is -2.16. The Labute approximate surface area is 72.2 Å². The van der Waals surface area contributed by atoms with E-state index in [9.17, 15) is 5.11 Å². The molecule has 0 aliphatic heterocycles. The fraction of sp³-hybridized carbons (Fsp3) is 0.600. The van der Waals surface area contributed by atoms with Crippen LogP contribution in [0.5, 0.6) is 0 Å². The summed E-state index contributed by atoms with van der Waals surface area (Å²) in [5, 5.41) is 9.29. The van der Waals surface area contributed by atoms with Crippen molar-refractivity contribution in [2.45, 2.75) is 37.7 Å². The van der Waals surface area contributed by atoms with Gasteiger partial charge in [-0.2, -0.15) is 0 Å². The molecule has 12 heavy (non-hydrogen) atoms. The average molecular weight is 165 g/mol. The first-order valence-electron chi connectivity index (χ1n) is 4.50. The summed E-state index contributed by atoms with van der Waals surface area (Å²) in [5.74, 6) is 1.54. The van der Waals surface area contributed by atoms with Crippen LogP contribution in [0.2, 0.25) is 0 Å². The molecular formula is C10H13O2. The highest BCUT2D eigenvalue weighted by molar-refractivity contribution is 5.05. The van der Waals surface area contributed by atoms with Gasteiger partial charge in [-0.1, -0.05) is 0 Å². The van der Waals surface area contributed by atoms with E-state index in [0.717, 1.165) is 31.4 Å². The highest BCUT2D eigenvalue weighted by Gasteiger charge is 2.22. The maximum Gasteiger partial charge on any atom is 0.169 e. The molecule has 1 aromatic heterocycles. The molecule has 0 saturated heterocycles. The summed E-state index contributed by atoms with van der Waals surface area (Å²) in [6.45, 7) is 0. The number of hydrogen-bond acceptors (Lipinski definition) is 2. The molecule has 0 atom stereocenters. The Balaban J connectivity index is 1.99. The van der Waals surface area contributed by atoms with Crippen LogP contribution in [-0.2, 0) is 0 Å². The van der Waals surface area contributed by atoms with Gasteiger partial charge in [-0.15, -0.1) is 0 Å². The zero-order valence-corrected chi connectivity index (χ0v) is 6.99. The molecule has 1 radical (unpaired) electrons. The minimum atomic E-state index is -0.0832. The molecule has 2 rings (SSSR count). The van der Waals surface area contributed by atoms with Crippen molar-refractivity contribution >= 4 is 0 Å². The standard InChI is InChI=1S/C10H13O2/c11-9-5-3-8(4-6-9)10-2-1-7-12-10/h1-2,8-9,11H,3-6H2. The van der Waals surface area contributed by atoms with E-state index in [1.807, 2.05) is 6.07 Å². The van der Waals surface area contributed by atoms with Gasteiger partial charge in [-0.25, -0.2) is 0 Å². The van der Waals surface area contributed by atoms with Gasteiger partial charge < -0.3 is 9.52 Å². The third kappa shape index (κ3) is 1.53. The summed E-state index contributed by atoms with van der Waals surface area (Å²) in [6, 6.07) is 3.78. The highest BCUT2D eigenvalue weighted by Crippen LogP contribution is 2.32. The van der Waals surface area contributed by atoms with Crippen molar-refractivity contribution in [2.24, 2.45) is 0 Å². The van der Waals surface area contributed by atoms with Crippen LogP contribution in [0, 0.1) is 6.26 Å². The summed E-state index contributed by atoms with van der Waals surface area (Å²) < 4.78 is 5.20. The first-order valence-corrected chi connectivity index (χ1v) is 4.50.